The number of ether oxygens (including phenoxy) is 2. The summed E-state index contributed by atoms with van der Waals surface area (Å²) in [6.45, 7) is 4.75. The van der Waals surface area contributed by atoms with Crippen molar-refractivity contribution in [1.82, 2.24) is 0 Å². The van der Waals surface area contributed by atoms with Crippen LogP contribution in [0.2, 0.25) is 15.1 Å². The van der Waals surface area contributed by atoms with Crippen molar-refractivity contribution in [3.63, 3.8) is 0 Å². The molecule has 3 aromatic carbocycles. The van der Waals surface area contributed by atoms with E-state index < -0.39 is 0 Å². The molecule has 0 radical (unpaired) electrons. The number of halogens is 4. The lowest BCUT2D eigenvalue weighted by Gasteiger charge is -2.15. The number of aliphatic imine (C=N–C) groups is 1. The summed E-state index contributed by atoms with van der Waals surface area (Å²) >= 11 is 20.6. The van der Waals surface area contributed by atoms with Crippen molar-refractivity contribution in [3.05, 3.63) is 83.9 Å². The second kappa shape index (κ2) is 10.7. The highest BCUT2D eigenvalue weighted by molar-refractivity contribution is 14.1. The molecule has 3 aromatic rings. The first-order valence-corrected chi connectivity index (χ1v) is 11.4. The van der Waals surface area contributed by atoms with E-state index in [1.165, 1.54) is 0 Å². The van der Waals surface area contributed by atoms with E-state index in [2.05, 4.69) is 27.6 Å². The first-order chi connectivity index (χ1) is 14.4. The number of hydrogen-bond acceptors (Lipinski definition) is 3. The van der Waals surface area contributed by atoms with Crippen molar-refractivity contribution in [2.45, 2.75) is 20.5 Å². The van der Waals surface area contributed by atoms with Crippen LogP contribution < -0.4 is 9.47 Å². The Balaban J connectivity index is 1.86. The molecule has 30 heavy (non-hydrogen) atoms. The summed E-state index contributed by atoms with van der Waals surface area (Å²) in [5, 5.41) is 1.81. The van der Waals surface area contributed by atoms with Crippen LogP contribution in [-0.2, 0) is 6.61 Å². The Labute approximate surface area is 205 Å². The van der Waals surface area contributed by atoms with Gasteiger partial charge in [-0.3, -0.25) is 4.99 Å². The van der Waals surface area contributed by atoms with Gasteiger partial charge in [0.2, 0.25) is 0 Å². The third-order valence-corrected chi connectivity index (χ3v) is 5.87. The molecule has 0 aliphatic carbocycles. The summed E-state index contributed by atoms with van der Waals surface area (Å²) in [6.07, 6.45) is 1.79. The largest absolute Gasteiger partial charge is 0.490 e. The first kappa shape index (κ1) is 23.2. The minimum absolute atomic E-state index is 0.307. The second-order valence-electron chi connectivity index (χ2n) is 6.48. The molecule has 0 saturated heterocycles. The molecular formula is C23H19Cl3INO2. The topological polar surface area (TPSA) is 30.8 Å². The molecule has 3 nitrogen and oxygen atoms in total. The van der Waals surface area contributed by atoms with E-state index in [1.807, 2.05) is 50.2 Å². The van der Waals surface area contributed by atoms with Gasteiger partial charge in [-0.25, -0.2) is 0 Å². The highest BCUT2D eigenvalue weighted by Gasteiger charge is 2.13. The van der Waals surface area contributed by atoms with Gasteiger partial charge in [0.15, 0.2) is 11.5 Å². The van der Waals surface area contributed by atoms with Crippen molar-refractivity contribution in [3.8, 4) is 11.5 Å². The molecule has 0 heterocycles. The lowest BCUT2D eigenvalue weighted by atomic mass is 10.2. The highest BCUT2D eigenvalue weighted by Crippen LogP contribution is 2.35. The normalized spacial score (nSPS) is 11.1. The molecule has 0 saturated carbocycles. The van der Waals surface area contributed by atoms with Crippen LogP contribution in [0, 0.1) is 10.5 Å². The van der Waals surface area contributed by atoms with Gasteiger partial charge in [-0.15, -0.1) is 0 Å². The van der Waals surface area contributed by atoms with Crippen molar-refractivity contribution in [1.29, 1.82) is 0 Å². The summed E-state index contributed by atoms with van der Waals surface area (Å²) < 4.78 is 12.8. The van der Waals surface area contributed by atoms with Crippen LogP contribution in [0.15, 0.2) is 53.5 Å². The van der Waals surface area contributed by atoms with Crippen LogP contribution in [0.4, 0.5) is 5.69 Å². The molecule has 0 bridgehead atoms. The maximum atomic E-state index is 6.26. The average molecular weight is 575 g/mol. The molecule has 0 aliphatic heterocycles. The first-order valence-electron chi connectivity index (χ1n) is 9.20. The van der Waals surface area contributed by atoms with Gasteiger partial charge in [0.25, 0.3) is 0 Å². The van der Waals surface area contributed by atoms with E-state index in [4.69, 9.17) is 44.3 Å². The van der Waals surface area contributed by atoms with E-state index in [0.717, 1.165) is 25.9 Å². The second-order valence-corrected chi connectivity index (χ2v) is 8.92. The van der Waals surface area contributed by atoms with Crippen molar-refractivity contribution >= 4 is 69.3 Å². The van der Waals surface area contributed by atoms with Crippen molar-refractivity contribution in [2.75, 3.05) is 6.61 Å². The molecule has 0 atom stereocenters. The molecule has 0 spiro atoms. The Hall–Kier alpha value is -1.47. The molecular weight excluding hydrogens is 556 g/mol. The summed E-state index contributed by atoms with van der Waals surface area (Å²) in [5.41, 5.74) is 3.63. The Morgan fingerprint density at radius 1 is 0.967 bits per heavy atom. The predicted molar refractivity (Wildman–Crippen MR) is 135 cm³/mol. The van der Waals surface area contributed by atoms with Gasteiger partial charge in [0.05, 0.1) is 15.9 Å². The highest BCUT2D eigenvalue weighted by atomic mass is 127. The van der Waals surface area contributed by atoms with E-state index >= 15 is 0 Å². The monoisotopic (exact) mass is 573 g/mol. The zero-order chi connectivity index (χ0) is 21.7. The van der Waals surface area contributed by atoms with E-state index in [1.54, 1.807) is 18.3 Å². The maximum absolute atomic E-state index is 6.26. The van der Waals surface area contributed by atoms with Crippen LogP contribution in [0.25, 0.3) is 0 Å². The summed E-state index contributed by atoms with van der Waals surface area (Å²) in [5.74, 6) is 1.32. The number of rotatable bonds is 7. The number of benzene rings is 3. The molecule has 0 amide bonds. The molecule has 156 valence electrons. The van der Waals surface area contributed by atoms with Gasteiger partial charge in [0, 0.05) is 26.8 Å². The third-order valence-electron chi connectivity index (χ3n) is 4.24. The SMILES string of the molecule is CCOc1cc(C=Nc2cc(Cl)ccc2C)cc(I)c1OCc1ccc(Cl)cc1Cl. The fourth-order valence-electron chi connectivity index (χ4n) is 2.72. The molecule has 0 fully saturated rings. The van der Waals surface area contributed by atoms with Crippen LogP contribution in [-0.4, -0.2) is 12.8 Å². The van der Waals surface area contributed by atoms with Crippen LogP contribution in [0.1, 0.15) is 23.6 Å². The van der Waals surface area contributed by atoms with Crippen LogP contribution in [0.5, 0.6) is 11.5 Å². The quantitative estimate of drug-likeness (QED) is 0.210. The third kappa shape index (κ3) is 6.03. The van der Waals surface area contributed by atoms with Gasteiger partial charge in [0.1, 0.15) is 6.61 Å². The summed E-state index contributed by atoms with van der Waals surface area (Å²) in [6, 6.07) is 14.9. The van der Waals surface area contributed by atoms with Crippen LogP contribution >= 0.6 is 57.4 Å². The number of nitrogens with zero attached hydrogens (tertiary/aromatic N) is 1. The van der Waals surface area contributed by atoms with E-state index in [0.29, 0.717) is 39.8 Å². The Kier molecular flexibility index (Phi) is 8.28. The van der Waals surface area contributed by atoms with Gasteiger partial charge >= 0.3 is 0 Å². The van der Waals surface area contributed by atoms with Gasteiger partial charge in [-0.05, 0) is 84.0 Å². The Morgan fingerprint density at radius 2 is 1.70 bits per heavy atom. The van der Waals surface area contributed by atoms with Gasteiger partial charge < -0.3 is 9.47 Å². The predicted octanol–water partition coefficient (Wildman–Crippen LogP) is 8.29. The molecule has 0 aliphatic rings. The van der Waals surface area contributed by atoms with Crippen molar-refractivity contribution < 1.29 is 9.47 Å². The maximum Gasteiger partial charge on any atom is 0.175 e. The minimum atomic E-state index is 0.307. The zero-order valence-corrected chi connectivity index (χ0v) is 20.8. The molecule has 0 aromatic heterocycles. The fraction of sp³-hybridized carbons (Fsp3) is 0.174. The van der Waals surface area contributed by atoms with Crippen molar-refractivity contribution in [2.24, 2.45) is 4.99 Å². The fourth-order valence-corrected chi connectivity index (χ4v) is 4.13. The lowest BCUT2D eigenvalue weighted by Crippen LogP contribution is -2.03. The Bertz CT molecular complexity index is 1090. The average Bonchev–Trinajstić information content (AvgIpc) is 2.69. The molecule has 0 unspecified atom stereocenters. The number of aryl methyl sites for hydroxylation is 1. The zero-order valence-electron chi connectivity index (χ0n) is 16.4. The van der Waals surface area contributed by atoms with E-state index in [9.17, 15) is 0 Å². The van der Waals surface area contributed by atoms with Gasteiger partial charge in [-0.1, -0.05) is 46.9 Å². The molecule has 7 heteroatoms. The summed E-state index contributed by atoms with van der Waals surface area (Å²) in [7, 11) is 0. The lowest BCUT2D eigenvalue weighted by molar-refractivity contribution is 0.267. The van der Waals surface area contributed by atoms with Gasteiger partial charge in [-0.2, -0.15) is 0 Å². The molecule has 3 rings (SSSR count). The van der Waals surface area contributed by atoms with Crippen LogP contribution in [0.3, 0.4) is 0 Å². The minimum Gasteiger partial charge on any atom is -0.490 e. The Morgan fingerprint density at radius 3 is 2.43 bits per heavy atom. The standard InChI is InChI=1S/C23H19Cl3INO2/c1-3-29-22-9-15(12-28-21-11-18(25)6-4-14(21)2)8-20(27)23(22)30-13-16-5-7-17(24)10-19(16)26/h4-12H,3,13H2,1-2H3. The summed E-state index contributed by atoms with van der Waals surface area (Å²) in [4.78, 5) is 4.58. The smallest absolute Gasteiger partial charge is 0.175 e. The molecule has 0 N–H and O–H groups in total. The number of hydrogen-bond donors (Lipinski definition) is 0. The van der Waals surface area contributed by atoms with E-state index in [-0.39, 0.29) is 0 Å².